The van der Waals surface area contributed by atoms with E-state index in [1.54, 1.807) is 9.80 Å². The largest absolute Gasteiger partial charge is 0.484 e. The molecule has 1 heterocycles. The summed E-state index contributed by atoms with van der Waals surface area (Å²) in [6.45, 7) is 3.83. The molecule has 6 heteroatoms. The van der Waals surface area contributed by atoms with Crippen molar-refractivity contribution in [3.05, 3.63) is 30.1 Å². The van der Waals surface area contributed by atoms with E-state index in [0.29, 0.717) is 31.9 Å². The number of benzene rings is 1. The van der Waals surface area contributed by atoms with Crippen molar-refractivity contribution in [1.82, 2.24) is 9.80 Å². The average molecular weight is 294 g/mol. The highest BCUT2D eigenvalue weighted by molar-refractivity contribution is 5.78. The third kappa shape index (κ3) is 4.44. The lowest BCUT2D eigenvalue weighted by atomic mass is 10.3. The maximum absolute atomic E-state index is 12.8. The highest BCUT2D eigenvalue weighted by Gasteiger charge is 2.20. The normalized spacial score (nSPS) is 15.5. The first kappa shape index (κ1) is 15.3. The monoisotopic (exact) mass is 294 g/mol. The Morgan fingerprint density at radius 1 is 1.10 bits per heavy atom. The first-order valence-corrected chi connectivity index (χ1v) is 6.98. The number of carbonyl (C=O) groups is 2. The van der Waals surface area contributed by atoms with Gasteiger partial charge in [-0.2, -0.15) is 0 Å². The Kier molecular flexibility index (Phi) is 5.14. The van der Waals surface area contributed by atoms with Gasteiger partial charge in [-0.1, -0.05) is 0 Å². The summed E-state index contributed by atoms with van der Waals surface area (Å²) in [6, 6.07) is 5.55. The van der Waals surface area contributed by atoms with Crippen LogP contribution in [0.3, 0.4) is 0 Å². The summed E-state index contributed by atoms with van der Waals surface area (Å²) in [6.07, 6.45) is 0.766. The molecule has 1 aliphatic rings. The van der Waals surface area contributed by atoms with E-state index in [1.807, 2.05) is 0 Å². The number of rotatable bonds is 3. The summed E-state index contributed by atoms with van der Waals surface area (Å²) in [5, 5.41) is 0. The molecule has 2 amide bonds. The summed E-state index contributed by atoms with van der Waals surface area (Å²) in [7, 11) is 0. The second-order valence-corrected chi connectivity index (χ2v) is 4.98. The van der Waals surface area contributed by atoms with Gasteiger partial charge in [0.1, 0.15) is 11.6 Å². The molecule has 0 spiro atoms. The smallest absolute Gasteiger partial charge is 0.260 e. The summed E-state index contributed by atoms with van der Waals surface area (Å²) in [5.74, 6) is 0.0343. The zero-order chi connectivity index (χ0) is 15.2. The second kappa shape index (κ2) is 7.06. The van der Waals surface area contributed by atoms with Crippen molar-refractivity contribution in [2.24, 2.45) is 0 Å². The fraction of sp³-hybridized carbons (Fsp3) is 0.467. The minimum atomic E-state index is -0.342. The van der Waals surface area contributed by atoms with Crippen molar-refractivity contribution in [2.45, 2.75) is 13.3 Å². The number of ether oxygens (including phenoxy) is 1. The van der Waals surface area contributed by atoms with Crippen molar-refractivity contribution in [3.8, 4) is 5.75 Å². The molecule has 21 heavy (non-hydrogen) atoms. The Hall–Kier alpha value is -2.11. The fourth-order valence-electron chi connectivity index (χ4n) is 2.25. The molecule has 114 valence electrons. The van der Waals surface area contributed by atoms with E-state index in [9.17, 15) is 14.0 Å². The number of hydrogen-bond donors (Lipinski definition) is 0. The van der Waals surface area contributed by atoms with Crippen LogP contribution in [0.4, 0.5) is 4.39 Å². The van der Waals surface area contributed by atoms with Crippen LogP contribution in [0.5, 0.6) is 5.75 Å². The molecule has 1 aromatic rings. The SMILES string of the molecule is CC(=O)N1CCCN(C(=O)COc2ccc(F)cc2)CC1. The molecular formula is C15H19FN2O3. The van der Waals surface area contributed by atoms with Crippen LogP contribution in [-0.4, -0.2) is 54.4 Å². The van der Waals surface area contributed by atoms with E-state index in [2.05, 4.69) is 0 Å². The van der Waals surface area contributed by atoms with E-state index in [-0.39, 0.29) is 24.2 Å². The van der Waals surface area contributed by atoms with Crippen LogP contribution in [-0.2, 0) is 9.59 Å². The van der Waals surface area contributed by atoms with Gasteiger partial charge in [0.15, 0.2) is 6.61 Å². The molecule has 1 aromatic carbocycles. The molecule has 0 bridgehead atoms. The number of carbonyl (C=O) groups excluding carboxylic acids is 2. The Morgan fingerprint density at radius 3 is 2.38 bits per heavy atom. The summed E-state index contributed by atoms with van der Waals surface area (Å²) in [4.78, 5) is 26.9. The van der Waals surface area contributed by atoms with Gasteiger partial charge in [-0.25, -0.2) is 4.39 Å². The average Bonchev–Trinajstić information content (AvgIpc) is 2.72. The lowest BCUT2D eigenvalue weighted by Gasteiger charge is -2.21. The number of amides is 2. The predicted molar refractivity (Wildman–Crippen MR) is 75.3 cm³/mol. The Labute approximate surface area is 123 Å². The molecule has 0 aliphatic carbocycles. The minimum Gasteiger partial charge on any atom is -0.484 e. The molecule has 0 unspecified atom stereocenters. The van der Waals surface area contributed by atoms with E-state index < -0.39 is 0 Å². The molecule has 1 saturated heterocycles. The molecule has 0 saturated carbocycles. The minimum absolute atomic E-state index is 0.0341. The van der Waals surface area contributed by atoms with E-state index in [1.165, 1.54) is 31.2 Å². The lowest BCUT2D eigenvalue weighted by Crippen LogP contribution is -2.38. The van der Waals surface area contributed by atoms with Crippen molar-refractivity contribution in [2.75, 3.05) is 32.8 Å². The Morgan fingerprint density at radius 2 is 1.71 bits per heavy atom. The van der Waals surface area contributed by atoms with Gasteiger partial charge in [0.25, 0.3) is 5.91 Å². The summed E-state index contributed by atoms with van der Waals surface area (Å²) < 4.78 is 18.1. The van der Waals surface area contributed by atoms with Gasteiger partial charge >= 0.3 is 0 Å². The third-order valence-corrected chi connectivity index (χ3v) is 3.47. The molecule has 2 rings (SSSR count). The quantitative estimate of drug-likeness (QED) is 0.844. The molecule has 1 fully saturated rings. The van der Waals surface area contributed by atoms with Crippen LogP contribution in [0.1, 0.15) is 13.3 Å². The molecule has 0 radical (unpaired) electrons. The Bertz CT molecular complexity index is 504. The van der Waals surface area contributed by atoms with Gasteiger partial charge in [-0.3, -0.25) is 9.59 Å². The van der Waals surface area contributed by atoms with Crippen LogP contribution in [0, 0.1) is 5.82 Å². The van der Waals surface area contributed by atoms with Gasteiger partial charge in [-0.15, -0.1) is 0 Å². The van der Waals surface area contributed by atoms with Crippen molar-refractivity contribution in [1.29, 1.82) is 0 Å². The van der Waals surface area contributed by atoms with Crippen LogP contribution in [0.15, 0.2) is 24.3 Å². The first-order valence-electron chi connectivity index (χ1n) is 6.98. The number of halogens is 1. The Balaban J connectivity index is 1.83. The van der Waals surface area contributed by atoms with Crippen molar-refractivity contribution < 1.29 is 18.7 Å². The van der Waals surface area contributed by atoms with Crippen LogP contribution >= 0.6 is 0 Å². The van der Waals surface area contributed by atoms with Gasteiger partial charge in [0, 0.05) is 33.1 Å². The van der Waals surface area contributed by atoms with Crippen molar-refractivity contribution in [3.63, 3.8) is 0 Å². The highest BCUT2D eigenvalue weighted by atomic mass is 19.1. The molecule has 0 atom stereocenters. The lowest BCUT2D eigenvalue weighted by molar-refractivity contribution is -0.134. The third-order valence-electron chi connectivity index (χ3n) is 3.47. The van der Waals surface area contributed by atoms with Gasteiger partial charge in [0.2, 0.25) is 5.91 Å². The van der Waals surface area contributed by atoms with E-state index in [0.717, 1.165) is 6.42 Å². The van der Waals surface area contributed by atoms with Crippen molar-refractivity contribution >= 4 is 11.8 Å². The van der Waals surface area contributed by atoms with Gasteiger partial charge in [0.05, 0.1) is 0 Å². The summed E-state index contributed by atoms with van der Waals surface area (Å²) in [5.41, 5.74) is 0. The zero-order valence-corrected chi connectivity index (χ0v) is 12.0. The molecule has 5 nitrogen and oxygen atoms in total. The topological polar surface area (TPSA) is 49.9 Å². The molecule has 1 aliphatic heterocycles. The predicted octanol–water partition coefficient (Wildman–Crippen LogP) is 1.29. The number of hydrogen-bond acceptors (Lipinski definition) is 3. The van der Waals surface area contributed by atoms with E-state index >= 15 is 0 Å². The van der Waals surface area contributed by atoms with Crippen LogP contribution in [0.25, 0.3) is 0 Å². The maximum atomic E-state index is 12.8. The fourth-order valence-corrected chi connectivity index (χ4v) is 2.25. The molecular weight excluding hydrogens is 275 g/mol. The highest BCUT2D eigenvalue weighted by Crippen LogP contribution is 2.11. The zero-order valence-electron chi connectivity index (χ0n) is 12.0. The maximum Gasteiger partial charge on any atom is 0.260 e. The van der Waals surface area contributed by atoms with Crippen LogP contribution < -0.4 is 4.74 Å². The standard InChI is InChI=1S/C15H19FN2O3/c1-12(19)17-7-2-8-18(10-9-17)15(20)11-21-14-5-3-13(16)4-6-14/h3-6H,2,7-11H2,1H3. The second-order valence-electron chi connectivity index (χ2n) is 4.98. The molecule has 0 N–H and O–H groups in total. The summed E-state index contributed by atoms with van der Waals surface area (Å²) >= 11 is 0. The van der Waals surface area contributed by atoms with E-state index in [4.69, 9.17) is 4.74 Å². The number of nitrogens with zero attached hydrogens (tertiary/aromatic N) is 2. The molecule has 0 aromatic heterocycles. The van der Waals surface area contributed by atoms with Gasteiger partial charge < -0.3 is 14.5 Å². The van der Waals surface area contributed by atoms with Gasteiger partial charge in [-0.05, 0) is 30.7 Å². The van der Waals surface area contributed by atoms with Crippen LogP contribution in [0.2, 0.25) is 0 Å². The first-order chi connectivity index (χ1) is 10.1.